The molecule has 0 saturated heterocycles. The molecule has 0 bridgehead atoms. The third-order valence-electron chi connectivity index (χ3n) is 1.52. The van der Waals surface area contributed by atoms with Gasteiger partial charge in [-0.25, -0.2) is 0 Å². The Labute approximate surface area is 73.0 Å². The molecule has 2 heteroatoms. The predicted octanol–water partition coefficient (Wildman–Crippen LogP) is 3.63. The van der Waals surface area contributed by atoms with E-state index >= 15 is 0 Å². The lowest BCUT2D eigenvalue weighted by Gasteiger charge is -2.03. The average Bonchev–Trinajstić information content (AvgIpc) is 1.88. The van der Waals surface area contributed by atoms with Crippen molar-refractivity contribution in [2.24, 2.45) is 0 Å². The summed E-state index contributed by atoms with van der Waals surface area (Å²) < 4.78 is 0. The zero-order valence-electron chi connectivity index (χ0n) is 6.97. The summed E-state index contributed by atoms with van der Waals surface area (Å²) in [5.41, 5.74) is 1.30. The molecule has 3 N–H and O–H groups in total. The van der Waals surface area contributed by atoms with Crippen LogP contribution >= 0.6 is 11.6 Å². The normalized spacial score (nSPS) is 9.45. The van der Waals surface area contributed by atoms with Gasteiger partial charge < -0.3 is 6.15 Å². The van der Waals surface area contributed by atoms with Crippen LogP contribution in [0.4, 0.5) is 0 Å². The molecule has 0 radical (unpaired) electrons. The van der Waals surface area contributed by atoms with Crippen molar-refractivity contribution < 1.29 is 0 Å². The molecule has 0 aliphatic rings. The van der Waals surface area contributed by atoms with Crippen molar-refractivity contribution >= 4 is 11.6 Å². The lowest BCUT2D eigenvalue weighted by atomic mass is 10.0. The molecule has 0 unspecified atom stereocenters. The van der Waals surface area contributed by atoms with Gasteiger partial charge in [-0.2, -0.15) is 0 Å². The Morgan fingerprint density at radius 3 is 2.27 bits per heavy atom. The molecule has 0 aliphatic heterocycles. The highest BCUT2D eigenvalue weighted by atomic mass is 35.5. The summed E-state index contributed by atoms with van der Waals surface area (Å²) in [7, 11) is 0. The topological polar surface area (TPSA) is 35.0 Å². The van der Waals surface area contributed by atoms with E-state index < -0.39 is 0 Å². The minimum Gasteiger partial charge on any atom is -0.344 e. The highest BCUT2D eigenvalue weighted by Crippen LogP contribution is 2.17. The molecule has 0 heterocycles. The molecule has 0 atom stereocenters. The van der Waals surface area contributed by atoms with E-state index in [1.54, 1.807) is 0 Å². The number of benzene rings is 1. The molecule has 11 heavy (non-hydrogen) atoms. The van der Waals surface area contributed by atoms with Crippen molar-refractivity contribution in [2.75, 3.05) is 0 Å². The number of hydrogen-bond donors (Lipinski definition) is 1. The largest absolute Gasteiger partial charge is 0.344 e. The maximum Gasteiger partial charge on any atom is 0.0408 e. The lowest BCUT2D eigenvalue weighted by Crippen LogP contribution is -1.84. The Morgan fingerprint density at radius 1 is 1.27 bits per heavy atom. The number of halogens is 1. The van der Waals surface area contributed by atoms with Gasteiger partial charge in [-0.05, 0) is 23.6 Å². The highest BCUT2D eigenvalue weighted by Gasteiger charge is 1.97. The van der Waals surface area contributed by atoms with Gasteiger partial charge in [0, 0.05) is 5.02 Å². The Balaban J connectivity index is 0.000001000. The summed E-state index contributed by atoms with van der Waals surface area (Å²) in [5.74, 6) is 0.568. The van der Waals surface area contributed by atoms with Crippen LogP contribution in [-0.2, 0) is 0 Å². The van der Waals surface area contributed by atoms with Gasteiger partial charge in [0.05, 0.1) is 0 Å². The maximum absolute atomic E-state index is 5.79. The molecule has 0 spiro atoms. The minimum atomic E-state index is 0. The van der Waals surface area contributed by atoms with Crippen molar-refractivity contribution in [3.63, 3.8) is 0 Å². The van der Waals surface area contributed by atoms with Gasteiger partial charge in [-0.1, -0.05) is 37.6 Å². The monoisotopic (exact) mass is 171 g/mol. The van der Waals surface area contributed by atoms with Crippen LogP contribution in [-0.4, -0.2) is 0 Å². The first kappa shape index (κ1) is 10.5. The number of hydrogen-bond acceptors (Lipinski definition) is 1. The molecular weight excluding hydrogens is 158 g/mol. The quantitative estimate of drug-likeness (QED) is 0.688. The minimum absolute atomic E-state index is 0. The summed E-state index contributed by atoms with van der Waals surface area (Å²) in [6.45, 7) is 4.32. The first-order valence-electron chi connectivity index (χ1n) is 3.45. The van der Waals surface area contributed by atoms with Crippen molar-refractivity contribution in [3.8, 4) is 0 Å². The fraction of sp³-hybridized carbons (Fsp3) is 0.333. The van der Waals surface area contributed by atoms with Crippen molar-refractivity contribution in [1.82, 2.24) is 6.15 Å². The van der Waals surface area contributed by atoms with Gasteiger partial charge in [0.2, 0.25) is 0 Å². The van der Waals surface area contributed by atoms with Crippen molar-refractivity contribution in [1.29, 1.82) is 0 Å². The third-order valence-corrected chi connectivity index (χ3v) is 1.75. The van der Waals surface area contributed by atoms with Crippen molar-refractivity contribution in [2.45, 2.75) is 19.8 Å². The molecule has 0 aliphatic carbocycles. The van der Waals surface area contributed by atoms with Crippen LogP contribution in [0.1, 0.15) is 25.3 Å². The zero-order valence-corrected chi connectivity index (χ0v) is 7.73. The van der Waals surface area contributed by atoms with Gasteiger partial charge in [-0.3, -0.25) is 0 Å². The molecule has 1 rings (SSSR count). The molecule has 0 aromatic heterocycles. The smallest absolute Gasteiger partial charge is 0.0408 e. The van der Waals surface area contributed by atoms with Crippen LogP contribution in [0.2, 0.25) is 5.02 Å². The van der Waals surface area contributed by atoms with Crippen molar-refractivity contribution in [3.05, 3.63) is 34.9 Å². The third kappa shape index (κ3) is 2.91. The van der Waals surface area contributed by atoms with E-state index in [4.69, 9.17) is 11.6 Å². The second-order valence-corrected chi connectivity index (χ2v) is 3.15. The van der Waals surface area contributed by atoms with E-state index in [1.807, 2.05) is 18.2 Å². The summed E-state index contributed by atoms with van der Waals surface area (Å²) in [6, 6.07) is 7.98. The molecule has 1 aromatic rings. The summed E-state index contributed by atoms with van der Waals surface area (Å²) >= 11 is 5.79. The molecule has 0 amide bonds. The fourth-order valence-corrected chi connectivity index (χ4v) is 1.06. The van der Waals surface area contributed by atoms with Gasteiger partial charge in [0.15, 0.2) is 0 Å². The summed E-state index contributed by atoms with van der Waals surface area (Å²) in [5, 5.41) is 0.825. The molecule has 0 fully saturated rings. The second kappa shape index (κ2) is 4.37. The van der Waals surface area contributed by atoms with Gasteiger partial charge in [-0.15, -0.1) is 0 Å². The average molecular weight is 172 g/mol. The summed E-state index contributed by atoms with van der Waals surface area (Å²) in [4.78, 5) is 0. The van der Waals surface area contributed by atoms with Crippen LogP contribution < -0.4 is 6.15 Å². The Kier molecular flexibility index (Phi) is 4.16. The SMILES string of the molecule is CC(C)c1cccc(Cl)c1.N. The van der Waals surface area contributed by atoms with Crippen LogP contribution in [0.15, 0.2) is 24.3 Å². The van der Waals surface area contributed by atoms with E-state index in [0.29, 0.717) is 5.92 Å². The van der Waals surface area contributed by atoms with E-state index in [2.05, 4.69) is 19.9 Å². The number of rotatable bonds is 1. The first-order chi connectivity index (χ1) is 4.70. The summed E-state index contributed by atoms with van der Waals surface area (Å²) in [6.07, 6.45) is 0. The molecule has 0 saturated carbocycles. The van der Waals surface area contributed by atoms with Crippen LogP contribution in [0.25, 0.3) is 0 Å². The van der Waals surface area contributed by atoms with Crippen LogP contribution in [0.3, 0.4) is 0 Å². The standard InChI is InChI=1S/C9H11Cl.H3N/c1-7(2)8-4-3-5-9(10)6-8;/h3-7H,1-2H3;1H3. The van der Waals surface area contributed by atoms with Crippen LogP contribution in [0, 0.1) is 0 Å². The molecule has 1 nitrogen and oxygen atoms in total. The Hall–Kier alpha value is -0.530. The molecule has 62 valence electrons. The first-order valence-corrected chi connectivity index (χ1v) is 3.83. The Bertz CT molecular complexity index is 221. The van der Waals surface area contributed by atoms with E-state index in [9.17, 15) is 0 Å². The van der Waals surface area contributed by atoms with E-state index in [-0.39, 0.29) is 6.15 Å². The zero-order chi connectivity index (χ0) is 7.56. The lowest BCUT2D eigenvalue weighted by molar-refractivity contribution is 0.867. The highest BCUT2D eigenvalue weighted by molar-refractivity contribution is 6.30. The van der Waals surface area contributed by atoms with Crippen LogP contribution in [0.5, 0.6) is 0 Å². The second-order valence-electron chi connectivity index (χ2n) is 2.71. The fourth-order valence-electron chi connectivity index (χ4n) is 0.866. The van der Waals surface area contributed by atoms with E-state index in [0.717, 1.165) is 5.02 Å². The Morgan fingerprint density at radius 2 is 1.91 bits per heavy atom. The van der Waals surface area contributed by atoms with E-state index in [1.165, 1.54) is 5.56 Å². The predicted molar refractivity (Wildman–Crippen MR) is 50.6 cm³/mol. The molecule has 1 aromatic carbocycles. The van der Waals surface area contributed by atoms with Gasteiger partial charge in [0.1, 0.15) is 0 Å². The maximum atomic E-state index is 5.79. The molecular formula is C9H14ClN. The van der Waals surface area contributed by atoms with Gasteiger partial charge >= 0.3 is 0 Å². The van der Waals surface area contributed by atoms with Gasteiger partial charge in [0.25, 0.3) is 0 Å².